The second-order valence-electron chi connectivity index (χ2n) is 11.9. The number of carbonyl (C=O) groups excluding carboxylic acids is 2. The van der Waals surface area contributed by atoms with Crippen LogP contribution in [-0.2, 0) is 10.3 Å². The van der Waals surface area contributed by atoms with Gasteiger partial charge in [-0.2, -0.15) is 10.4 Å². The second-order valence-corrected chi connectivity index (χ2v) is 11.9. The Morgan fingerprint density at radius 1 is 1.19 bits per heavy atom. The van der Waals surface area contributed by atoms with E-state index in [0.29, 0.717) is 41.1 Å². The summed E-state index contributed by atoms with van der Waals surface area (Å²) in [5.41, 5.74) is 1.06. The largest absolute Gasteiger partial charge is 0.449 e. The summed E-state index contributed by atoms with van der Waals surface area (Å²) in [5.74, 6) is -0.785. The summed E-state index contributed by atoms with van der Waals surface area (Å²) in [6.07, 6.45) is 1.49. The lowest BCUT2D eigenvalue weighted by molar-refractivity contribution is -0.135. The SMILES string of the molecule is Cc1cc(Oc2c(C)cc(C(=O)N[C@H]3C[C@@]4(c5ccc(F)cc5C)CC[C@H](C(C)(C)C#N)N4C3=O)nc2C)c(=O)[nH]n1. The van der Waals surface area contributed by atoms with Gasteiger partial charge < -0.3 is 15.0 Å². The van der Waals surface area contributed by atoms with E-state index in [2.05, 4.69) is 26.6 Å². The Hall–Kier alpha value is -4.59. The van der Waals surface area contributed by atoms with Gasteiger partial charge in [-0.3, -0.25) is 14.4 Å². The molecule has 0 aliphatic carbocycles. The van der Waals surface area contributed by atoms with Gasteiger partial charge in [0.15, 0.2) is 11.5 Å². The topological polar surface area (TPSA) is 141 Å². The van der Waals surface area contributed by atoms with E-state index in [1.807, 2.05) is 20.8 Å². The highest BCUT2D eigenvalue weighted by Crippen LogP contribution is 2.54. The van der Waals surface area contributed by atoms with E-state index in [0.717, 1.165) is 5.56 Å². The number of carbonyl (C=O) groups is 2. The summed E-state index contributed by atoms with van der Waals surface area (Å²) >= 11 is 0. The number of rotatable bonds is 6. The minimum absolute atomic E-state index is 0.0566. The molecule has 10 nitrogen and oxygen atoms in total. The molecule has 0 spiro atoms. The number of aryl methyl sites for hydroxylation is 4. The first-order valence-electron chi connectivity index (χ1n) is 13.8. The number of amides is 2. The summed E-state index contributed by atoms with van der Waals surface area (Å²) in [4.78, 5) is 45.8. The van der Waals surface area contributed by atoms with Crippen molar-refractivity contribution in [3.05, 3.63) is 80.3 Å². The van der Waals surface area contributed by atoms with E-state index >= 15 is 0 Å². The van der Waals surface area contributed by atoms with Gasteiger partial charge in [-0.1, -0.05) is 6.07 Å². The zero-order valence-corrected chi connectivity index (χ0v) is 24.5. The van der Waals surface area contributed by atoms with Crippen molar-refractivity contribution in [2.45, 2.75) is 78.4 Å². The summed E-state index contributed by atoms with van der Waals surface area (Å²) in [7, 11) is 0. The number of benzene rings is 1. The molecule has 0 bridgehead atoms. The molecule has 0 radical (unpaired) electrons. The molecular weight excluding hydrogens is 539 g/mol. The lowest BCUT2D eigenvalue weighted by atomic mass is 9.82. The van der Waals surface area contributed by atoms with Crippen LogP contribution < -0.4 is 15.6 Å². The smallest absolute Gasteiger partial charge is 0.307 e. The molecule has 11 heteroatoms. The zero-order chi connectivity index (χ0) is 30.6. The molecule has 5 rings (SSSR count). The molecule has 0 unspecified atom stereocenters. The summed E-state index contributed by atoms with van der Waals surface area (Å²) in [6.45, 7) is 10.5. The molecule has 4 heterocycles. The van der Waals surface area contributed by atoms with E-state index in [1.165, 1.54) is 18.2 Å². The fraction of sp³-hybridized carbons (Fsp3) is 0.419. The molecule has 2 aliphatic rings. The van der Waals surface area contributed by atoms with Crippen LogP contribution in [0, 0.1) is 50.3 Å². The molecule has 42 heavy (non-hydrogen) atoms. The Kier molecular flexibility index (Phi) is 7.13. The molecule has 2 amide bonds. The standard InChI is InChI=1S/C31H33FN6O4/c1-16-11-20(32)7-8-21(16)31-10-9-25(30(5,6)15-33)38(31)29(41)23(14-31)35-27(39)22-12-17(2)26(19(4)34-22)42-24-13-18(3)36-37-28(24)40/h7-8,11-13,23,25H,9-10,14H2,1-6H3,(H,35,39)(H,37,40)/t23-,25+,31+/m0/s1. The number of hydrogen-bond donors (Lipinski definition) is 2. The Morgan fingerprint density at radius 3 is 2.60 bits per heavy atom. The molecule has 2 aliphatic heterocycles. The monoisotopic (exact) mass is 572 g/mol. The van der Waals surface area contributed by atoms with Crippen molar-refractivity contribution in [2.75, 3.05) is 0 Å². The Balaban J connectivity index is 1.45. The Morgan fingerprint density at radius 2 is 1.93 bits per heavy atom. The molecular formula is C31H33FN6O4. The molecule has 218 valence electrons. The van der Waals surface area contributed by atoms with E-state index in [-0.39, 0.29) is 35.6 Å². The second kappa shape index (κ2) is 10.4. The third-order valence-electron chi connectivity index (χ3n) is 8.47. The molecule has 2 fully saturated rings. The molecule has 2 saturated heterocycles. The van der Waals surface area contributed by atoms with Crippen molar-refractivity contribution < 1.29 is 18.7 Å². The average Bonchev–Trinajstić information content (AvgIpc) is 3.43. The van der Waals surface area contributed by atoms with Crippen molar-refractivity contribution in [3.63, 3.8) is 0 Å². The van der Waals surface area contributed by atoms with Gasteiger partial charge in [0.05, 0.1) is 34.5 Å². The maximum atomic E-state index is 14.0. The predicted molar refractivity (Wildman–Crippen MR) is 151 cm³/mol. The minimum atomic E-state index is -0.865. The van der Waals surface area contributed by atoms with E-state index < -0.39 is 28.5 Å². The van der Waals surface area contributed by atoms with Crippen LogP contribution in [0.2, 0.25) is 0 Å². The number of halogens is 1. The highest BCUT2D eigenvalue weighted by Gasteiger charge is 2.61. The average molecular weight is 573 g/mol. The molecule has 2 N–H and O–H groups in total. The molecule has 3 aromatic rings. The third kappa shape index (κ3) is 4.81. The fourth-order valence-electron chi connectivity index (χ4n) is 6.47. The number of nitriles is 1. The number of hydrogen-bond acceptors (Lipinski definition) is 7. The van der Waals surface area contributed by atoms with Crippen molar-refractivity contribution in [3.8, 4) is 17.6 Å². The van der Waals surface area contributed by atoms with Crippen LogP contribution in [0.3, 0.4) is 0 Å². The first-order valence-corrected chi connectivity index (χ1v) is 13.8. The van der Waals surface area contributed by atoms with Gasteiger partial charge in [0.2, 0.25) is 5.91 Å². The van der Waals surface area contributed by atoms with Crippen molar-refractivity contribution in [1.82, 2.24) is 25.4 Å². The van der Waals surface area contributed by atoms with Crippen LogP contribution in [0.5, 0.6) is 11.5 Å². The Bertz CT molecular complexity index is 1690. The molecule has 0 saturated carbocycles. The maximum Gasteiger partial charge on any atom is 0.307 e. The molecule has 1 aromatic carbocycles. The van der Waals surface area contributed by atoms with E-state index in [4.69, 9.17) is 4.74 Å². The summed E-state index contributed by atoms with van der Waals surface area (Å²) < 4.78 is 19.9. The lowest BCUT2D eigenvalue weighted by Gasteiger charge is -2.40. The quantitative estimate of drug-likeness (QED) is 0.449. The van der Waals surface area contributed by atoms with Crippen LogP contribution in [0.4, 0.5) is 4.39 Å². The third-order valence-corrected chi connectivity index (χ3v) is 8.47. The first-order chi connectivity index (χ1) is 19.8. The number of aromatic amines is 1. The van der Waals surface area contributed by atoms with Crippen LogP contribution in [0.25, 0.3) is 0 Å². The van der Waals surface area contributed by atoms with Crippen molar-refractivity contribution >= 4 is 11.8 Å². The fourth-order valence-corrected chi connectivity index (χ4v) is 6.47. The van der Waals surface area contributed by atoms with E-state index in [9.17, 15) is 24.0 Å². The van der Waals surface area contributed by atoms with Gasteiger partial charge in [-0.05, 0) is 89.3 Å². The highest BCUT2D eigenvalue weighted by molar-refractivity contribution is 5.97. The van der Waals surface area contributed by atoms with Gasteiger partial charge >= 0.3 is 5.56 Å². The van der Waals surface area contributed by atoms with Crippen LogP contribution in [0.1, 0.15) is 71.7 Å². The van der Waals surface area contributed by atoms with Gasteiger partial charge in [-0.25, -0.2) is 14.5 Å². The molecule has 2 aromatic heterocycles. The van der Waals surface area contributed by atoms with Gasteiger partial charge in [0.25, 0.3) is 5.91 Å². The lowest BCUT2D eigenvalue weighted by Crippen LogP contribution is -2.50. The van der Waals surface area contributed by atoms with Gasteiger partial charge in [0.1, 0.15) is 17.6 Å². The Labute approximate surface area is 242 Å². The van der Waals surface area contributed by atoms with Crippen LogP contribution in [-0.4, -0.2) is 44.0 Å². The number of H-pyrrole nitrogens is 1. The molecule has 3 atom stereocenters. The number of ether oxygens (including phenoxy) is 1. The minimum Gasteiger partial charge on any atom is -0.449 e. The summed E-state index contributed by atoms with van der Waals surface area (Å²) in [5, 5.41) is 19.0. The summed E-state index contributed by atoms with van der Waals surface area (Å²) in [6, 6.07) is 8.69. The first kappa shape index (κ1) is 28.9. The maximum absolute atomic E-state index is 14.0. The number of nitrogens with zero attached hydrogens (tertiary/aromatic N) is 4. The zero-order valence-electron chi connectivity index (χ0n) is 24.5. The number of nitrogens with one attached hydrogen (secondary N) is 2. The van der Waals surface area contributed by atoms with Crippen molar-refractivity contribution in [2.24, 2.45) is 5.41 Å². The van der Waals surface area contributed by atoms with Crippen molar-refractivity contribution in [1.29, 1.82) is 5.26 Å². The number of fused-ring (bicyclic) bond motifs is 1. The normalized spacial score (nSPS) is 21.7. The number of aromatic nitrogens is 3. The highest BCUT2D eigenvalue weighted by atomic mass is 19.1. The van der Waals surface area contributed by atoms with Gasteiger partial charge in [0, 0.05) is 12.5 Å². The van der Waals surface area contributed by atoms with E-state index in [1.54, 1.807) is 37.8 Å². The van der Waals surface area contributed by atoms with Crippen LogP contribution >= 0.6 is 0 Å². The van der Waals surface area contributed by atoms with Gasteiger partial charge in [-0.15, -0.1) is 0 Å². The predicted octanol–water partition coefficient (Wildman–Crippen LogP) is 4.27. The van der Waals surface area contributed by atoms with Crippen LogP contribution in [0.15, 0.2) is 35.1 Å². The number of pyridine rings is 1.